The molecule has 3 rings (SSSR count). The van der Waals surface area contributed by atoms with E-state index in [-0.39, 0.29) is 69.8 Å². The molecule has 0 nitrogen and oxygen atoms in total. The van der Waals surface area contributed by atoms with E-state index in [1.165, 1.54) is 28.7 Å². The van der Waals surface area contributed by atoms with Crippen molar-refractivity contribution in [2.24, 2.45) is 5.41 Å². The van der Waals surface area contributed by atoms with Crippen LogP contribution in [0.15, 0.2) is 78.9 Å². The van der Waals surface area contributed by atoms with Crippen molar-refractivity contribution in [1.82, 2.24) is 0 Å². The van der Waals surface area contributed by atoms with Crippen molar-refractivity contribution in [3.05, 3.63) is 101 Å². The topological polar surface area (TPSA) is 0 Å². The van der Waals surface area contributed by atoms with Crippen molar-refractivity contribution in [2.45, 2.75) is 52.4 Å². The molecular formula is C26H31Cl3Ti. The van der Waals surface area contributed by atoms with Gasteiger partial charge in [-0.05, 0) is 16.5 Å². The first-order valence-corrected chi connectivity index (χ1v) is 9.79. The van der Waals surface area contributed by atoms with E-state index in [0.29, 0.717) is 5.92 Å². The van der Waals surface area contributed by atoms with E-state index in [1.54, 1.807) is 0 Å². The fraction of sp³-hybridized carbons (Fsp3) is 0.346. The minimum atomic E-state index is -0.179. The molecule has 0 aliphatic rings. The first-order chi connectivity index (χ1) is 12.4. The van der Waals surface area contributed by atoms with Crippen LogP contribution >= 0.6 is 0 Å². The van der Waals surface area contributed by atoms with E-state index in [0.717, 1.165) is 0 Å². The molecule has 0 aliphatic heterocycles. The van der Waals surface area contributed by atoms with Crippen LogP contribution in [-0.2, 0) is 27.1 Å². The van der Waals surface area contributed by atoms with Gasteiger partial charge >= 0.3 is 21.7 Å². The number of hydrogen-bond donors (Lipinski definition) is 0. The molecule has 3 aromatic rings. The Morgan fingerprint density at radius 1 is 0.767 bits per heavy atom. The van der Waals surface area contributed by atoms with Gasteiger partial charge in [0.1, 0.15) is 0 Å². The molecule has 1 atom stereocenters. The van der Waals surface area contributed by atoms with Crippen LogP contribution in [0, 0.1) is 5.41 Å². The van der Waals surface area contributed by atoms with Crippen molar-refractivity contribution in [1.29, 1.82) is 0 Å². The molecule has 1 unspecified atom stereocenters. The summed E-state index contributed by atoms with van der Waals surface area (Å²) in [6, 6.07) is 29.1. The Hall–Kier alpha value is -0.626. The fourth-order valence-electron chi connectivity index (χ4n) is 4.41. The predicted octanol–water partition coefficient (Wildman–Crippen LogP) is -1.69. The largest absolute Gasteiger partial charge is 4.00 e. The second-order valence-electron chi connectivity index (χ2n) is 8.47. The molecule has 4 heteroatoms. The molecule has 0 aliphatic carbocycles. The normalized spacial score (nSPS) is 11.8. The van der Waals surface area contributed by atoms with Gasteiger partial charge in [0.25, 0.3) is 0 Å². The summed E-state index contributed by atoms with van der Waals surface area (Å²) in [4.78, 5) is 0. The third kappa shape index (κ3) is 5.78. The van der Waals surface area contributed by atoms with Crippen LogP contribution < -0.4 is 37.2 Å². The van der Waals surface area contributed by atoms with Gasteiger partial charge < -0.3 is 37.2 Å². The molecule has 0 N–H and O–H groups in total. The zero-order valence-electron chi connectivity index (χ0n) is 18.4. The maximum Gasteiger partial charge on any atom is 4.00 e. The maximum atomic E-state index is 2.44. The second kappa shape index (κ2) is 13.0. The molecule has 0 bridgehead atoms. The molecule has 0 spiro atoms. The summed E-state index contributed by atoms with van der Waals surface area (Å²) in [7, 11) is 0. The maximum absolute atomic E-state index is 2.44. The Labute approximate surface area is 216 Å². The minimum absolute atomic E-state index is 0. The predicted molar refractivity (Wildman–Crippen MR) is 113 cm³/mol. The molecule has 160 valence electrons. The van der Waals surface area contributed by atoms with Crippen LogP contribution in [0.4, 0.5) is 0 Å². The van der Waals surface area contributed by atoms with E-state index in [4.69, 9.17) is 0 Å². The summed E-state index contributed by atoms with van der Waals surface area (Å²) in [6.07, 6.45) is 1.17. The van der Waals surface area contributed by atoms with Gasteiger partial charge in [-0.15, -0.1) is 5.56 Å². The number of benzene rings is 2. The molecule has 0 radical (unpaired) electrons. The SMILES string of the molecule is CCC(C)c1cc[c-](C(c2ccccc2)(c2ccccc2)C(C)(C)C)c1.[Cl-].[Cl-].[Cl-].[Ti+4]. The standard InChI is InChI=1S/C26H31.3ClH.Ti/c1-6-20(2)21-17-18-24(19-21)26(25(3,4)5,22-13-9-7-10-14-22)23-15-11-8-12-16-23;;;;/h7-20H,6H2,1-5H3;3*1H;/q-1;;;;+4/p-3. The van der Waals surface area contributed by atoms with E-state index in [1.807, 2.05) is 0 Å². The smallest absolute Gasteiger partial charge is 1.00 e. The monoisotopic (exact) mass is 496 g/mol. The van der Waals surface area contributed by atoms with Crippen molar-refractivity contribution < 1.29 is 58.9 Å². The average Bonchev–Trinajstić information content (AvgIpc) is 3.12. The molecule has 0 saturated heterocycles. The van der Waals surface area contributed by atoms with Gasteiger partial charge in [0.15, 0.2) is 0 Å². The zero-order chi connectivity index (χ0) is 18.8. The van der Waals surface area contributed by atoms with Crippen LogP contribution in [0.5, 0.6) is 0 Å². The minimum Gasteiger partial charge on any atom is -1.00 e. The molecule has 0 aromatic heterocycles. The van der Waals surface area contributed by atoms with Gasteiger partial charge in [0.2, 0.25) is 0 Å². The average molecular weight is 498 g/mol. The first kappa shape index (κ1) is 31.6. The van der Waals surface area contributed by atoms with E-state index < -0.39 is 0 Å². The van der Waals surface area contributed by atoms with Crippen molar-refractivity contribution >= 4 is 0 Å². The summed E-state index contributed by atoms with van der Waals surface area (Å²) in [5.74, 6) is 0.591. The quantitative estimate of drug-likeness (QED) is 0.292. The third-order valence-electron chi connectivity index (χ3n) is 5.93. The third-order valence-corrected chi connectivity index (χ3v) is 5.93. The Balaban J connectivity index is 0. The van der Waals surface area contributed by atoms with Crippen molar-refractivity contribution in [3.8, 4) is 0 Å². The summed E-state index contributed by atoms with van der Waals surface area (Å²) >= 11 is 0. The zero-order valence-corrected chi connectivity index (χ0v) is 22.3. The van der Waals surface area contributed by atoms with E-state index >= 15 is 0 Å². The molecule has 3 aromatic carbocycles. The summed E-state index contributed by atoms with van der Waals surface area (Å²) in [5, 5.41) is 0. The molecule has 30 heavy (non-hydrogen) atoms. The molecule has 0 heterocycles. The Kier molecular flexibility index (Phi) is 13.7. The molecule has 0 amide bonds. The van der Waals surface area contributed by atoms with Gasteiger partial charge in [-0.3, -0.25) is 0 Å². The second-order valence-corrected chi connectivity index (χ2v) is 8.47. The summed E-state index contributed by atoms with van der Waals surface area (Å²) < 4.78 is 0. The number of rotatable bonds is 5. The van der Waals surface area contributed by atoms with Crippen LogP contribution in [0.3, 0.4) is 0 Å². The Morgan fingerprint density at radius 3 is 1.57 bits per heavy atom. The van der Waals surface area contributed by atoms with Crippen molar-refractivity contribution in [3.63, 3.8) is 0 Å². The van der Waals surface area contributed by atoms with Crippen LogP contribution in [0.25, 0.3) is 0 Å². The van der Waals surface area contributed by atoms with Crippen LogP contribution in [0.1, 0.15) is 69.2 Å². The molecular weight excluding hydrogens is 467 g/mol. The van der Waals surface area contributed by atoms with Crippen LogP contribution in [-0.4, -0.2) is 0 Å². The Morgan fingerprint density at radius 2 is 1.20 bits per heavy atom. The van der Waals surface area contributed by atoms with Gasteiger partial charge in [-0.2, -0.15) is 17.7 Å². The Bertz CT molecular complexity index is 796. The first-order valence-electron chi connectivity index (χ1n) is 9.79. The van der Waals surface area contributed by atoms with Crippen LogP contribution in [0.2, 0.25) is 0 Å². The van der Waals surface area contributed by atoms with E-state index in [2.05, 4.69) is 113 Å². The molecule has 0 saturated carbocycles. The van der Waals surface area contributed by atoms with Crippen molar-refractivity contribution in [2.75, 3.05) is 0 Å². The number of hydrogen-bond acceptors (Lipinski definition) is 0. The van der Waals surface area contributed by atoms with Gasteiger partial charge in [-0.25, -0.2) is 6.07 Å². The molecule has 0 fully saturated rings. The van der Waals surface area contributed by atoms with Gasteiger partial charge in [0.05, 0.1) is 0 Å². The summed E-state index contributed by atoms with van der Waals surface area (Å²) in [6.45, 7) is 11.7. The van der Waals surface area contributed by atoms with Gasteiger partial charge in [0, 0.05) is 5.41 Å². The fourth-order valence-corrected chi connectivity index (χ4v) is 4.41. The summed E-state index contributed by atoms with van der Waals surface area (Å²) in [5.41, 5.74) is 5.42. The van der Waals surface area contributed by atoms with E-state index in [9.17, 15) is 0 Å². The van der Waals surface area contributed by atoms with Gasteiger partial charge in [-0.1, -0.05) is 108 Å². The number of halogens is 3.